The molecule has 0 saturated carbocycles. The molecule has 0 heterocycles. The third-order valence-electron chi connectivity index (χ3n) is 3.75. The predicted octanol–water partition coefficient (Wildman–Crippen LogP) is 2.96. The molecule has 0 aromatic heterocycles. The largest absolute Gasteiger partial charge is 0.481 e. The van der Waals surface area contributed by atoms with Crippen molar-refractivity contribution in [3.05, 3.63) is 0 Å². The molecule has 2 N–H and O–H groups in total. The maximum absolute atomic E-state index is 12.1. The Balaban J connectivity index is 4.11. The fourth-order valence-electron chi connectivity index (χ4n) is 2.06. The summed E-state index contributed by atoms with van der Waals surface area (Å²) in [6, 6.07) is -0.0402. The summed E-state index contributed by atoms with van der Waals surface area (Å²) in [5.41, 5.74) is 0. The molecule has 0 fully saturated rings. The van der Waals surface area contributed by atoms with Gasteiger partial charge in [-0.1, -0.05) is 33.6 Å². The number of carboxylic acid groups (broad SMARTS) is 1. The zero-order chi connectivity index (χ0) is 15.5. The molecule has 0 spiro atoms. The second-order valence-electron chi connectivity index (χ2n) is 5.44. The number of rotatable bonds is 10. The van der Waals surface area contributed by atoms with Crippen LogP contribution in [0.1, 0.15) is 53.4 Å². The molecule has 5 heteroatoms. The van der Waals surface area contributed by atoms with Gasteiger partial charge in [0.2, 0.25) is 0 Å². The fraction of sp³-hybridized carbons (Fsp3) is 0.867. The van der Waals surface area contributed by atoms with Crippen LogP contribution in [0.4, 0.5) is 4.79 Å². The van der Waals surface area contributed by atoms with Crippen LogP contribution >= 0.6 is 0 Å². The number of carbonyl (C=O) groups is 2. The van der Waals surface area contributed by atoms with Gasteiger partial charge in [0.15, 0.2) is 0 Å². The lowest BCUT2D eigenvalue weighted by molar-refractivity contribution is -0.137. The average Bonchev–Trinajstić information content (AvgIpc) is 2.43. The third kappa shape index (κ3) is 8.02. The monoisotopic (exact) mass is 286 g/mol. The summed E-state index contributed by atoms with van der Waals surface area (Å²) >= 11 is 0. The molecule has 0 radical (unpaired) electrons. The van der Waals surface area contributed by atoms with Crippen LogP contribution in [0.3, 0.4) is 0 Å². The summed E-state index contributed by atoms with van der Waals surface area (Å²) < 4.78 is 0. The molecule has 1 unspecified atom stereocenters. The molecule has 118 valence electrons. The Bertz CT molecular complexity index is 291. The van der Waals surface area contributed by atoms with Crippen molar-refractivity contribution < 1.29 is 14.7 Å². The average molecular weight is 286 g/mol. The number of aliphatic carboxylic acids is 1. The Morgan fingerprint density at radius 3 is 2.25 bits per heavy atom. The van der Waals surface area contributed by atoms with E-state index in [2.05, 4.69) is 19.2 Å². The molecule has 0 saturated heterocycles. The number of urea groups is 1. The second kappa shape index (κ2) is 10.5. The standard InChI is InChI=1S/C15H30N2O3/c1-5-13(6-2)11-17(7-3)15(20)16-10-12(4)8-9-14(18)19/h12-13H,5-11H2,1-4H3,(H,16,20)(H,18,19). The van der Waals surface area contributed by atoms with Crippen LogP contribution in [0.5, 0.6) is 0 Å². The Labute approximate surface area is 122 Å². The first-order chi connectivity index (χ1) is 9.44. The van der Waals surface area contributed by atoms with Gasteiger partial charge in [-0.25, -0.2) is 4.79 Å². The van der Waals surface area contributed by atoms with E-state index in [1.165, 1.54) is 0 Å². The predicted molar refractivity (Wildman–Crippen MR) is 80.8 cm³/mol. The number of hydrogen-bond acceptors (Lipinski definition) is 2. The van der Waals surface area contributed by atoms with Gasteiger partial charge >= 0.3 is 12.0 Å². The molecule has 0 aliphatic heterocycles. The smallest absolute Gasteiger partial charge is 0.317 e. The van der Waals surface area contributed by atoms with Gasteiger partial charge < -0.3 is 15.3 Å². The zero-order valence-corrected chi connectivity index (χ0v) is 13.3. The lowest BCUT2D eigenvalue weighted by Crippen LogP contribution is -2.43. The van der Waals surface area contributed by atoms with Crippen LogP contribution in [0.15, 0.2) is 0 Å². The van der Waals surface area contributed by atoms with Crippen molar-refractivity contribution >= 4 is 12.0 Å². The molecule has 0 aliphatic carbocycles. The first kappa shape index (κ1) is 18.7. The summed E-state index contributed by atoms with van der Waals surface area (Å²) in [7, 11) is 0. The van der Waals surface area contributed by atoms with Crippen molar-refractivity contribution in [1.82, 2.24) is 10.2 Å². The molecular weight excluding hydrogens is 256 g/mol. The van der Waals surface area contributed by atoms with Gasteiger partial charge in [-0.2, -0.15) is 0 Å². The maximum Gasteiger partial charge on any atom is 0.317 e. The minimum Gasteiger partial charge on any atom is -0.481 e. The molecule has 5 nitrogen and oxygen atoms in total. The van der Waals surface area contributed by atoms with E-state index in [-0.39, 0.29) is 18.4 Å². The van der Waals surface area contributed by atoms with Crippen molar-refractivity contribution in [2.24, 2.45) is 11.8 Å². The molecule has 0 rings (SSSR count). The topological polar surface area (TPSA) is 69.6 Å². The van der Waals surface area contributed by atoms with E-state index in [0.717, 1.165) is 19.4 Å². The lowest BCUT2D eigenvalue weighted by Gasteiger charge is -2.26. The van der Waals surface area contributed by atoms with Gasteiger partial charge in [-0.05, 0) is 25.2 Å². The van der Waals surface area contributed by atoms with Crippen LogP contribution < -0.4 is 5.32 Å². The molecular formula is C15H30N2O3. The first-order valence-electron chi connectivity index (χ1n) is 7.68. The molecule has 2 amide bonds. The Hall–Kier alpha value is -1.26. The van der Waals surface area contributed by atoms with Crippen LogP contribution in [0.25, 0.3) is 0 Å². The Morgan fingerprint density at radius 2 is 1.80 bits per heavy atom. The highest BCUT2D eigenvalue weighted by molar-refractivity contribution is 5.74. The van der Waals surface area contributed by atoms with Gasteiger partial charge in [-0.3, -0.25) is 4.79 Å². The summed E-state index contributed by atoms with van der Waals surface area (Å²) in [6.45, 7) is 10.3. The minimum atomic E-state index is -0.785. The van der Waals surface area contributed by atoms with Crippen LogP contribution in [-0.2, 0) is 4.79 Å². The van der Waals surface area contributed by atoms with Crippen molar-refractivity contribution in [3.63, 3.8) is 0 Å². The second-order valence-corrected chi connectivity index (χ2v) is 5.44. The first-order valence-corrected chi connectivity index (χ1v) is 7.68. The highest BCUT2D eigenvalue weighted by Gasteiger charge is 2.16. The molecule has 0 aromatic carbocycles. The van der Waals surface area contributed by atoms with E-state index in [1.54, 1.807) is 0 Å². The van der Waals surface area contributed by atoms with E-state index in [1.807, 2.05) is 18.7 Å². The number of hydrogen-bond donors (Lipinski definition) is 2. The van der Waals surface area contributed by atoms with Crippen molar-refractivity contribution in [3.8, 4) is 0 Å². The van der Waals surface area contributed by atoms with E-state index in [9.17, 15) is 9.59 Å². The summed E-state index contributed by atoms with van der Waals surface area (Å²) in [5.74, 6) is -0.0564. The number of carbonyl (C=O) groups excluding carboxylic acids is 1. The van der Waals surface area contributed by atoms with E-state index >= 15 is 0 Å². The van der Waals surface area contributed by atoms with Crippen molar-refractivity contribution in [2.75, 3.05) is 19.6 Å². The van der Waals surface area contributed by atoms with Gasteiger partial charge in [0.25, 0.3) is 0 Å². The van der Waals surface area contributed by atoms with E-state index in [0.29, 0.717) is 25.4 Å². The normalized spacial score (nSPS) is 12.2. The number of amides is 2. The van der Waals surface area contributed by atoms with Crippen molar-refractivity contribution in [2.45, 2.75) is 53.4 Å². The van der Waals surface area contributed by atoms with E-state index < -0.39 is 5.97 Å². The number of nitrogens with zero attached hydrogens (tertiary/aromatic N) is 1. The number of carboxylic acids is 1. The van der Waals surface area contributed by atoms with Gasteiger partial charge in [0, 0.05) is 26.1 Å². The van der Waals surface area contributed by atoms with Crippen LogP contribution in [0.2, 0.25) is 0 Å². The molecule has 0 aromatic rings. The quantitative estimate of drug-likeness (QED) is 0.648. The Kier molecular flexibility index (Phi) is 9.86. The zero-order valence-electron chi connectivity index (χ0n) is 13.3. The summed E-state index contributed by atoms with van der Waals surface area (Å²) in [6.07, 6.45) is 2.90. The van der Waals surface area contributed by atoms with Crippen molar-refractivity contribution in [1.29, 1.82) is 0 Å². The van der Waals surface area contributed by atoms with Gasteiger partial charge in [-0.15, -0.1) is 0 Å². The van der Waals surface area contributed by atoms with E-state index in [4.69, 9.17) is 5.11 Å². The van der Waals surface area contributed by atoms with Crippen LogP contribution in [-0.4, -0.2) is 41.6 Å². The molecule has 20 heavy (non-hydrogen) atoms. The summed E-state index contributed by atoms with van der Waals surface area (Å²) in [5, 5.41) is 11.5. The lowest BCUT2D eigenvalue weighted by atomic mass is 10.0. The third-order valence-corrected chi connectivity index (χ3v) is 3.75. The van der Waals surface area contributed by atoms with Crippen LogP contribution in [0, 0.1) is 11.8 Å². The Morgan fingerprint density at radius 1 is 1.20 bits per heavy atom. The maximum atomic E-state index is 12.1. The fourth-order valence-corrected chi connectivity index (χ4v) is 2.06. The van der Waals surface area contributed by atoms with Gasteiger partial charge in [0.1, 0.15) is 0 Å². The highest BCUT2D eigenvalue weighted by Crippen LogP contribution is 2.10. The highest BCUT2D eigenvalue weighted by atomic mass is 16.4. The molecule has 1 atom stereocenters. The summed E-state index contributed by atoms with van der Waals surface area (Å²) in [4.78, 5) is 24.4. The molecule has 0 aliphatic rings. The minimum absolute atomic E-state index is 0.0402. The molecule has 0 bridgehead atoms. The SMILES string of the molecule is CCC(CC)CN(CC)C(=O)NCC(C)CCC(=O)O. The number of nitrogens with one attached hydrogen (secondary N) is 1. The van der Waals surface area contributed by atoms with Gasteiger partial charge in [0.05, 0.1) is 0 Å².